The van der Waals surface area contributed by atoms with Gasteiger partial charge in [0.1, 0.15) is 6.10 Å². The van der Waals surface area contributed by atoms with Crippen LogP contribution in [0, 0.1) is 0 Å². The number of morpholine rings is 1. The first-order valence-corrected chi connectivity index (χ1v) is 8.78. The van der Waals surface area contributed by atoms with Gasteiger partial charge in [0.2, 0.25) is 0 Å². The number of hydrogen-bond donors (Lipinski definition) is 0. The van der Waals surface area contributed by atoms with Gasteiger partial charge in [-0.05, 0) is 29.3 Å². The summed E-state index contributed by atoms with van der Waals surface area (Å²) in [6.07, 6.45) is -0.884. The van der Waals surface area contributed by atoms with Gasteiger partial charge in [-0.1, -0.05) is 53.5 Å². The quantitative estimate of drug-likeness (QED) is 0.795. The zero-order chi connectivity index (χ0) is 17.8. The predicted molar refractivity (Wildman–Crippen MR) is 97.9 cm³/mol. The molecule has 0 saturated carbocycles. The molecule has 132 valence electrons. The number of benzene rings is 2. The molecule has 0 spiro atoms. The Bertz CT molecular complexity index is 718. The molecule has 3 rings (SSSR count). The van der Waals surface area contributed by atoms with Crippen LogP contribution in [0.3, 0.4) is 0 Å². The second-order valence-electron chi connectivity index (χ2n) is 5.87. The number of halogens is 2. The number of ether oxygens (including phenoxy) is 2. The van der Waals surface area contributed by atoms with Crippen LogP contribution in [0.4, 0.5) is 0 Å². The number of nitrogens with zero attached hydrogens (tertiary/aromatic N) is 1. The van der Waals surface area contributed by atoms with E-state index in [4.69, 9.17) is 32.7 Å². The number of rotatable bonds is 4. The van der Waals surface area contributed by atoms with E-state index >= 15 is 0 Å². The standard InChI is InChI=1S/C19H19Cl2NO3/c1-24-18(13-5-3-2-4-6-13)19(23)22-7-8-25-17(12-22)14-9-15(20)11-16(21)10-14/h2-6,9-11,17-18H,7-8,12H2,1H3/t17-,18-/m1/s1. The first kappa shape index (κ1) is 18.2. The number of amides is 1. The van der Waals surface area contributed by atoms with Crippen molar-refractivity contribution in [3.05, 3.63) is 69.7 Å². The number of carbonyl (C=O) groups is 1. The topological polar surface area (TPSA) is 38.8 Å². The van der Waals surface area contributed by atoms with Crippen molar-refractivity contribution in [2.24, 2.45) is 0 Å². The van der Waals surface area contributed by atoms with Crippen molar-refractivity contribution in [1.82, 2.24) is 4.90 Å². The molecule has 0 aromatic heterocycles. The van der Waals surface area contributed by atoms with Gasteiger partial charge in [0.15, 0.2) is 6.10 Å². The van der Waals surface area contributed by atoms with Crippen molar-refractivity contribution in [3.63, 3.8) is 0 Å². The van der Waals surface area contributed by atoms with E-state index in [2.05, 4.69) is 0 Å². The van der Waals surface area contributed by atoms with Gasteiger partial charge in [0.25, 0.3) is 5.91 Å². The summed E-state index contributed by atoms with van der Waals surface area (Å²) in [5.41, 5.74) is 1.70. The number of carbonyl (C=O) groups excluding carboxylic acids is 1. The minimum atomic E-state index is -0.622. The van der Waals surface area contributed by atoms with Crippen LogP contribution in [0.25, 0.3) is 0 Å². The molecule has 25 heavy (non-hydrogen) atoms. The molecular weight excluding hydrogens is 361 g/mol. The Hall–Kier alpha value is -1.59. The van der Waals surface area contributed by atoms with E-state index in [1.54, 1.807) is 18.1 Å². The Morgan fingerprint density at radius 2 is 1.88 bits per heavy atom. The van der Waals surface area contributed by atoms with Crippen molar-refractivity contribution in [1.29, 1.82) is 0 Å². The maximum absolute atomic E-state index is 12.9. The van der Waals surface area contributed by atoms with Gasteiger partial charge in [-0.25, -0.2) is 0 Å². The molecule has 1 saturated heterocycles. The zero-order valence-corrected chi connectivity index (χ0v) is 15.3. The number of hydrogen-bond acceptors (Lipinski definition) is 3. The van der Waals surface area contributed by atoms with Crippen LogP contribution in [0.15, 0.2) is 48.5 Å². The summed E-state index contributed by atoms with van der Waals surface area (Å²) in [6, 6.07) is 14.8. The fourth-order valence-electron chi connectivity index (χ4n) is 2.99. The summed E-state index contributed by atoms with van der Waals surface area (Å²) >= 11 is 12.2. The highest BCUT2D eigenvalue weighted by molar-refractivity contribution is 6.34. The summed E-state index contributed by atoms with van der Waals surface area (Å²) in [7, 11) is 1.55. The van der Waals surface area contributed by atoms with Gasteiger partial charge in [-0.3, -0.25) is 4.79 Å². The van der Waals surface area contributed by atoms with E-state index in [9.17, 15) is 4.79 Å². The van der Waals surface area contributed by atoms with Gasteiger partial charge in [-0.15, -0.1) is 0 Å². The molecule has 2 aromatic rings. The Balaban J connectivity index is 1.77. The van der Waals surface area contributed by atoms with Gasteiger partial charge in [0.05, 0.1) is 13.2 Å². The lowest BCUT2D eigenvalue weighted by Gasteiger charge is -2.35. The van der Waals surface area contributed by atoms with Crippen LogP contribution in [-0.2, 0) is 14.3 Å². The maximum Gasteiger partial charge on any atom is 0.256 e. The second-order valence-corrected chi connectivity index (χ2v) is 6.75. The van der Waals surface area contributed by atoms with Crippen LogP contribution in [0.1, 0.15) is 23.3 Å². The molecule has 2 atom stereocenters. The van der Waals surface area contributed by atoms with Crippen LogP contribution in [0.2, 0.25) is 10.0 Å². The minimum Gasteiger partial charge on any atom is -0.370 e. The Kier molecular flexibility index (Phi) is 5.97. The van der Waals surface area contributed by atoms with Gasteiger partial charge < -0.3 is 14.4 Å². The highest BCUT2D eigenvalue weighted by Crippen LogP contribution is 2.29. The monoisotopic (exact) mass is 379 g/mol. The maximum atomic E-state index is 12.9. The third-order valence-corrected chi connectivity index (χ3v) is 4.63. The molecule has 2 aromatic carbocycles. The highest BCUT2D eigenvalue weighted by atomic mass is 35.5. The lowest BCUT2D eigenvalue weighted by Crippen LogP contribution is -2.44. The van der Waals surface area contributed by atoms with Gasteiger partial charge in [0, 0.05) is 23.7 Å². The molecule has 4 nitrogen and oxygen atoms in total. The molecule has 6 heteroatoms. The molecular formula is C19H19Cl2NO3. The average molecular weight is 380 g/mol. The SMILES string of the molecule is CO[C@@H](C(=O)N1CCO[C@@H](c2cc(Cl)cc(Cl)c2)C1)c1ccccc1. The lowest BCUT2D eigenvalue weighted by atomic mass is 10.1. The molecule has 0 N–H and O–H groups in total. The number of methoxy groups -OCH3 is 1. The largest absolute Gasteiger partial charge is 0.370 e. The van der Waals surface area contributed by atoms with E-state index in [0.717, 1.165) is 11.1 Å². The van der Waals surface area contributed by atoms with E-state index < -0.39 is 6.10 Å². The first-order chi connectivity index (χ1) is 12.1. The predicted octanol–water partition coefficient (Wildman–Crippen LogP) is 4.28. The Morgan fingerprint density at radius 1 is 1.20 bits per heavy atom. The van der Waals surface area contributed by atoms with Crippen molar-refractivity contribution in [2.75, 3.05) is 26.8 Å². The van der Waals surface area contributed by atoms with E-state index in [1.807, 2.05) is 42.5 Å². The Labute approximate surface area is 157 Å². The molecule has 1 fully saturated rings. The molecule has 0 radical (unpaired) electrons. The smallest absolute Gasteiger partial charge is 0.256 e. The zero-order valence-electron chi connectivity index (χ0n) is 13.8. The summed E-state index contributed by atoms with van der Waals surface area (Å²) < 4.78 is 11.3. The third-order valence-electron chi connectivity index (χ3n) is 4.20. The summed E-state index contributed by atoms with van der Waals surface area (Å²) in [6.45, 7) is 1.41. The third kappa shape index (κ3) is 4.33. The highest BCUT2D eigenvalue weighted by Gasteiger charge is 2.31. The van der Waals surface area contributed by atoms with Gasteiger partial charge >= 0.3 is 0 Å². The van der Waals surface area contributed by atoms with Crippen LogP contribution in [-0.4, -0.2) is 37.6 Å². The lowest BCUT2D eigenvalue weighted by molar-refractivity contribution is -0.150. The van der Waals surface area contributed by atoms with Crippen LogP contribution < -0.4 is 0 Å². The van der Waals surface area contributed by atoms with E-state index in [1.165, 1.54) is 0 Å². The van der Waals surface area contributed by atoms with Crippen LogP contribution >= 0.6 is 23.2 Å². The minimum absolute atomic E-state index is 0.0740. The molecule has 1 aliphatic heterocycles. The van der Waals surface area contributed by atoms with Crippen molar-refractivity contribution in [2.45, 2.75) is 12.2 Å². The average Bonchev–Trinajstić information content (AvgIpc) is 2.62. The van der Waals surface area contributed by atoms with Crippen molar-refractivity contribution >= 4 is 29.1 Å². The van der Waals surface area contributed by atoms with E-state index in [-0.39, 0.29) is 12.0 Å². The Morgan fingerprint density at radius 3 is 2.52 bits per heavy atom. The van der Waals surface area contributed by atoms with Crippen molar-refractivity contribution < 1.29 is 14.3 Å². The van der Waals surface area contributed by atoms with Gasteiger partial charge in [-0.2, -0.15) is 0 Å². The molecule has 0 bridgehead atoms. The van der Waals surface area contributed by atoms with Crippen molar-refractivity contribution in [3.8, 4) is 0 Å². The first-order valence-electron chi connectivity index (χ1n) is 8.02. The van der Waals surface area contributed by atoms with E-state index in [0.29, 0.717) is 29.7 Å². The van der Waals surface area contributed by atoms with Crippen LogP contribution in [0.5, 0.6) is 0 Å². The second kappa shape index (κ2) is 8.19. The summed E-state index contributed by atoms with van der Waals surface area (Å²) in [5, 5.41) is 1.10. The summed E-state index contributed by atoms with van der Waals surface area (Å²) in [4.78, 5) is 14.7. The molecule has 0 unspecified atom stereocenters. The molecule has 0 aliphatic carbocycles. The molecule has 1 amide bonds. The normalized spacial score (nSPS) is 18.8. The molecule has 1 heterocycles. The summed E-state index contributed by atoms with van der Waals surface area (Å²) in [5.74, 6) is -0.0740. The fourth-order valence-corrected chi connectivity index (χ4v) is 3.53. The molecule has 1 aliphatic rings. The fraction of sp³-hybridized carbons (Fsp3) is 0.316.